The van der Waals surface area contributed by atoms with Gasteiger partial charge < -0.3 is 9.13 Å². The second-order valence-corrected chi connectivity index (χ2v) is 16.8. The molecule has 0 radical (unpaired) electrons. The summed E-state index contributed by atoms with van der Waals surface area (Å²) in [5.41, 5.74) is 13.1. The molecule has 1 aliphatic carbocycles. The standard InChI is InChI=1S/C52H42N2/c1-51(2)28-29-52(3,4)45-32-47-43(31-44(45)51)41-26-27-46-48(50(41)53(47)36-18-6-5-7-19-36)42-25-24-34-15-9-11-22-40(34)49(42)54(46)37-20-12-17-35(30-37)39-23-13-16-33-14-8-10-21-38(33)39/h5-27,30-32H,28-29H2,1-4H3. The molecule has 8 aromatic carbocycles. The lowest BCUT2D eigenvalue weighted by atomic mass is 9.63. The van der Waals surface area contributed by atoms with Crippen molar-refractivity contribution in [2.75, 3.05) is 0 Å². The predicted molar refractivity (Wildman–Crippen MR) is 231 cm³/mol. The Kier molecular flexibility index (Phi) is 6.51. The van der Waals surface area contributed by atoms with Gasteiger partial charge in [0.25, 0.3) is 0 Å². The molecule has 54 heavy (non-hydrogen) atoms. The van der Waals surface area contributed by atoms with Gasteiger partial charge in [0, 0.05) is 38.3 Å². The number of hydrogen-bond donors (Lipinski definition) is 0. The third-order valence-electron chi connectivity index (χ3n) is 12.7. The molecular weight excluding hydrogens is 653 g/mol. The lowest BCUT2D eigenvalue weighted by Gasteiger charge is -2.42. The van der Waals surface area contributed by atoms with Gasteiger partial charge in [-0.25, -0.2) is 0 Å². The van der Waals surface area contributed by atoms with Gasteiger partial charge in [0.15, 0.2) is 0 Å². The van der Waals surface area contributed by atoms with Crippen LogP contribution in [0, 0.1) is 0 Å². The summed E-state index contributed by atoms with van der Waals surface area (Å²) in [6, 6.07) is 59.0. The van der Waals surface area contributed by atoms with Crippen molar-refractivity contribution < 1.29 is 0 Å². The Morgan fingerprint density at radius 3 is 1.81 bits per heavy atom. The maximum Gasteiger partial charge on any atom is 0.0641 e. The fraction of sp³-hybridized carbons (Fsp3) is 0.154. The van der Waals surface area contributed by atoms with Crippen LogP contribution in [0.5, 0.6) is 0 Å². The molecule has 2 heterocycles. The van der Waals surface area contributed by atoms with Crippen LogP contribution in [0.2, 0.25) is 0 Å². The molecule has 0 fully saturated rings. The molecule has 0 saturated heterocycles. The van der Waals surface area contributed by atoms with Crippen molar-refractivity contribution in [2.24, 2.45) is 0 Å². The zero-order valence-electron chi connectivity index (χ0n) is 31.3. The van der Waals surface area contributed by atoms with Crippen LogP contribution in [0.3, 0.4) is 0 Å². The highest BCUT2D eigenvalue weighted by atomic mass is 15.0. The van der Waals surface area contributed by atoms with Gasteiger partial charge in [0.1, 0.15) is 0 Å². The van der Waals surface area contributed by atoms with Crippen LogP contribution in [0.25, 0.3) is 87.7 Å². The number of rotatable bonds is 3. The third kappa shape index (κ3) is 4.40. The maximum atomic E-state index is 2.57. The Morgan fingerprint density at radius 2 is 1.02 bits per heavy atom. The Labute approximate surface area is 315 Å². The van der Waals surface area contributed by atoms with E-state index in [1.807, 2.05) is 0 Å². The minimum Gasteiger partial charge on any atom is -0.309 e. The molecule has 0 aliphatic heterocycles. The summed E-state index contributed by atoms with van der Waals surface area (Å²) >= 11 is 0. The summed E-state index contributed by atoms with van der Waals surface area (Å²) in [7, 11) is 0. The highest BCUT2D eigenvalue weighted by molar-refractivity contribution is 6.29. The van der Waals surface area contributed by atoms with E-state index in [2.05, 4.69) is 195 Å². The summed E-state index contributed by atoms with van der Waals surface area (Å²) in [4.78, 5) is 0. The van der Waals surface area contributed by atoms with E-state index in [4.69, 9.17) is 0 Å². The maximum absolute atomic E-state index is 2.57. The molecule has 2 nitrogen and oxygen atoms in total. The molecule has 10 aromatic rings. The first-order chi connectivity index (χ1) is 26.3. The van der Waals surface area contributed by atoms with Crippen molar-refractivity contribution in [3.8, 4) is 22.5 Å². The third-order valence-corrected chi connectivity index (χ3v) is 12.7. The monoisotopic (exact) mass is 694 g/mol. The Bertz CT molecular complexity index is 3150. The van der Waals surface area contributed by atoms with Crippen LogP contribution >= 0.6 is 0 Å². The lowest BCUT2D eigenvalue weighted by Crippen LogP contribution is -2.33. The first-order valence-electron chi connectivity index (χ1n) is 19.4. The minimum atomic E-state index is 0.108. The number of nitrogens with zero attached hydrogens (tertiary/aromatic N) is 2. The summed E-state index contributed by atoms with van der Waals surface area (Å²) in [6.07, 6.45) is 2.38. The fourth-order valence-electron chi connectivity index (χ4n) is 9.83. The van der Waals surface area contributed by atoms with Crippen LogP contribution in [-0.4, -0.2) is 9.13 Å². The number of benzene rings is 8. The van der Waals surface area contributed by atoms with Crippen molar-refractivity contribution in [2.45, 2.75) is 51.4 Å². The van der Waals surface area contributed by atoms with Crippen LogP contribution in [0.4, 0.5) is 0 Å². The van der Waals surface area contributed by atoms with E-state index in [-0.39, 0.29) is 10.8 Å². The van der Waals surface area contributed by atoms with Crippen molar-refractivity contribution in [1.82, 2.24) is 9.13 Å². The smallest absolute Gasteiger partial charge is 0.0641 e. The van der Waals surface area contributed by atoms with E-state index in [1.165, 1.54) is 106 Å². The van der Waals surface area contributed by atoms with Crippen LogP contribution in [-0.2, 0) is 10.8 Å². The summed E-state index contributed by atoms with van der Waals surface area (Å²) in [5, 5.41) is 10.2. The number of aromatic nitrogens is 2. The van der Waals surface area contributed by atoms with E-state index in [0.29, 0.717) is 0 Å². The molecule has 260 valence electrons. The normalized spacial score (nSPS) is 15.2. The van der Waals surface area contributed by atoms with Gasteiger partial charge in [-0.2, -0.15) is 0 Å². The van der Waals surface area contributed by atoms with Crippen molar-refractivity contribution >= 4 is 65.2 Å². The van der Waals surface area contributed by atoms with Gasteiger partial charge >= 0.3 is 0 Å². The van der Waals surface area contributed by atoms with E-state index in [9.17, 15) is 0 Å². The lowest BCUT2D eigenvalue weighted by molar-refractivity contribution is 0.332. The molecule has 2 aromatic heterocycles. The minimum absolute atomic E-state index is 0.108. The molecular formula is C52H42N2. The molecule has 2 heteroatoms. The molecule has 1 aliphatic rings. The van der Waals surface area contributed by atoms with Crippen LogP contribution in [0.1, 0.15) is 51.7 Å². The largest absolute Gasteiger partial charge is 0.309 e. The highest BCUT2D eigenvalue weighted by Gasteiger charge is 2.38. The van der Waals surface area contributed by atoms with Gasteiger partial charge in [0.05, 0.1) is 22.1 Å². The summed E-state index contributed by atoms with van der Waals surface area (Å²) in [5.74, 6) is 0. The van der Waals surface area contributed by atoms with Gasteiger partial charge in [-0.15, -0.1) is 0 Å². The van der Waals surface area contributed by atoms with E-state index < -0.39 is 0 Å². The average molecular weight is 695 g/mol. The molecule has 0 bridgehead atoms. The molecule has 0 saturated carbocycles. The molecule has 0 amide bonds. The summed E-state index contributed by atoms with van der Waals surface area (Å²) < 4.78 is 5.10. The van der Waals surface area contributed by atoms with Crippen molar-refractivity contribution in [1.29, 1.82) is 0 Å². The van der Waals surface area contributed by atoms with E-state index >= 15 is 0 Å². The fourth-order valence-corrected chi connectivity index (χ4v) is 9.83. The van der Waals surface area contributed by atoms with Gasteiger partial charge in [-0.05, 0) is 105 Å². The molecule has 0 unspecified atom stereocenters. The number of para-hydroxylation sites is 1. The van der Waals surface area contributed by atoms with Crippen molar-refractivity contribution in [3.63, 3.8) is 0 Å². The Morgan fingerprint density at radius 1 is 0.407 bits per heavy atom. The average Bonchev–Trinajstić information content (AvgIpc) is 3.72. The molecule has 0 spiro atoms. The topological polar surface area (TPSA) is 9.86 Å². The van der Waals surface area contributed by atoms with E-state index in [1.54, 1.807) is 0 Å². The Balaban J connectivity index is 1.31. The Hall–Kier alpha value is -6.12. The number of fused-ring (bicyclic) bond motifs is 11. The van der Waals surface area contributed by atoms with Gasteiger partial charge in [-0.1, -0.05) is 143 Å². The molecule has 0 N–H and O–H groups in total. The zero-order valence-corrected chi connectivity index (χ0v) is 31.3. The van der Waals surface area contributed by atoms with Crippen molar-refractivity contribution in [3.05, 3.63) is 169 Å². The predicted octanol–water partition coefficient (Wildman–Crippen LogP) is 14.2. The molecule has 0 atom stereocenters. The first kappa shape index (κ1) is 31.4. The van der Waals surface area contributed by atoms with Gasteiger partial charge in [0.2, 0.25) is 0 Å². The molecule has 11 rings (SSSR count). The van der Waals surface area contributed by atoms with Crippen LogP contribution < -0.4 is 0 Å². The quantitative estimate of drug-likeness (QED) is 0.174. The highest BCUT2D eigenvalue weighted by Crippen LogP contribution is 2.50. The SMILES string of the molecule is CC1(C)CCC(C)(C)c2cc3c(cc21)c1ccc2c(c4ccc5ccccc5c4n2-c2cccc(-c4cccc5ccccc45)c2)c1n3-c1ccccc1. The van der Waals surface area contributed by atoms with Gasteiger partial charge in [-0.3, -0.25) is 0 Å². The van der Waals surface area contributed by atoms with Crippen LogP contribution in [0.15, 0.2) is 158 Å². The number of hydrogen-bond acceptors (Lipinski definition) is 0. The second kappa shape index (κ2) is 11.2. The first-order valence-corrected chi connectivity index (χ1v) is 19.4. The van der Waals surface area contributed by atoms with E-state index in [0.717, 1.165) is 5.69 Å². The summed E-state index contributed by atoms with van der Waals surface area (Å²) in [6.45, 7) is 9.75. The zero-order chi connectivity index (χ0) is 36.3. The second-order valence-electron chi connectivity index (χ2n) is 16.8.